The number of aromatic hydroxyl groups is 1. The van der Waals surface area contributed by atoms with Crippen molar-refractivity contribution in [3.05, 3.63) is 27.5 Å². The summed E-state index contributed by atoms with van der Waals surface area (Å²) in [6.07, 6.45) is 0.209. The molecular formula is C10H13BrFNO2. The molecule has 15 heavy (non-hydrogen) atoms. The maximum atomic E-state index is 13.7. The van der Waals surface area contributed by atoms with Crippen molar-refractivity contribution in [2.75, 3.05) is 6.61 Å². The highest BCUT2D eigenvalue weighted by atomic mass is 79.9. The fourth-order valence-electron chi connectivity index (χ4n) is 1.39. The van der Waals surface area contributed by atoms with Crippen molar-refractivity contribution < 1.29 is 14.6 Å². The quantitative estimate of drug-likeness (QED) is 0.792. The Morgan fingerprint density at radius 2 is 2.20 bits per heavy atom. The van der Waals surface area contributed by atoms with Crippen molar-refractivity contribution in [1.82, 2.24) is 0 Å². The highest BCUT2D eigenvalue weighted by Gasteiger charge is 2.20. The first-order valence-electron chi connectivity index (χ1n) is 4.53. The van der Waals surface area contributed by atoms with E-state index in [0.29, 0.717) is 10.0 Å². The molecule has 5 heteroatoms. The van der Waals surface area contributed by atoms with Crippen molar-refractivity contribution in [2.24, 2.45) is 5.73 Å². The van der Waals surface area contributed by atoms with Gasteiger partial charge >= 0.3 is 0 Å². The summed E-state index contributed by atoms with van der Waals surface area (Å²) >= 11 is 3.12. The van der Waals surface area contributed by atoms with E-state index in [1.165, 1.54) is 6.07 Å². The van der Waals surface area contributed by atoms with Crippen LogP contribution in [0.1, 0.15) is 23.6 Å². The number of halogens is 2. The average molecular weight is 278 g/mol. The van der Waals surface area contributed by atoms with Crippen LogP contribution in [0, 0.1) is 12.7 Å². The molecule has 4 N–H and O–H groups in total. The summed E-state index contributed by atoms with van der Waals surface area (Å²) in [6, 6.07) is 0.783. The Labute approximate surface area is 95.9 Å². The van der Waals surface area contributed by atoms with Crippen LogP contribution in [0.4, 0.5) is 4.39 Å². The van der Waals surface area contributed by atoms with Crippen molar-refractivity contribution in [3.8, 4) is 5.75 Å². The lowest BCUT2D eigenvalue weighted by Crippen LogP contribution is -2.14. The zero-order chi connectivity index (χ0) is 11.6. The molecule has 0 aliphatic carbocycles. The Balaban J connectivity index is 3.26. The molecule has 0 aliphatic rings. The second kappa shape index (κ2) is 4.92. The number of hydrogen-bond donors (Lipinski definition) is 3. The fourth-order valence-corrected chi connectivity index (χ4v) is 1.95. The molecule has 1 unspecified atom stereocenters. The van der Waals surface area contributed by atoms with Crippen molar-refractivity contribution in [3.63, 3.8) is 0 Å². The van der Waals surface area contributed by atoms with Gasteiger partial charge in [0.05, 0.1) is 4.47 Å². The zero-order valence-electron chi connectivity index (χ0n) is 8.30. The summed E-state index contributed by atoms with van der Waals surface area (Å²) in [6.45, 7) is 1.44. The molecule has 0 radical (unpaired) electrons. The van der Waals surface area contributed by atoms with Crippen molar-refractivity contribution in [2.45, 2.75) is 19.4 Å². The van der Waals surface area contributed by atoms with E-state index in [4.69, 9.17) is 10.8 Å². The molecule has 0 spiro atoms. The Morgan fingerprint density at radius 3 is 2.73 bits per heavy atom. The van der Waals surface area contributed by atoms with Gasteiger partial charge in [-0.15, -0.1) is 0 Å². The van der Waals surface area contributed by atoms with Gasteiger partial charge in [-0.2, -0.15) is 0 Å². The van der Waals surface area contributed by atoms with Gasteiger partial charge in [0, 0.05) is 18.2 Å². The largest absolute Gasteiger partial charge is 0.506 e. The lowest BCUT2D eigenvalue weighted by Gasteiger charge is -2.15. The Kier molecular flexibility index (Phi) is 4.07. The number of aryl methyl sites for hydroxylation is 1. The third kappa shape index (κ3) is 2.48. The minimum atomic E-state index is -0.703. The molecule has 1 rings (SSSR count). The molecule has 3 nitrogen and oxygen atoms in total. The molecule has 84 valence electrons. The van der Waals surface area contributed by atoms with E-state index in [1.54, 1.807) is 6.92 Å². The van der Waals surface area contributed by atoms with E-state index < -0.39 is 11.9 Å². The summed E-state index contributed by atoms with van der Waals surface area (Å²) < 4.78 is 14.1. The number of phenolic OH excluding ortho intramolecular Hbond substituents is 1. The van der Waals surface area contributed by atoms with E-state index in [9.17, 15) is 9.50 Å². The first kappa shape index (κ1) is 12.4. The Morgan fingerprint density at radius 1 is 1.60 bits per heavy atom. The number of aliphatic hydroxyl groups excluding tert-OH is 1. The third-order valence-electron chi connectivity index (χ3n) is 2.22. The second-order valence-electron chi connectivity index (χ2n) is 3.37. The third-order valence-corrected chi connectivity index (χ3v) is 2.82. The van der Waals surface area contributed by atoms with Crippen LogP contribution in [0.15, 0.2) is 10.5 Å². The first-order chi connectivity index (χ1) is 6.99. The normalized spacial score (nSPS) is 12.9. The van der Waals surface area contributed by atoms with Gasteiger partial charge in [0.1, 0.15) is 11.6 Å². The number of rotatable bonds is 3. The van der Waals surface area contributed by atoms with Crippen LogP contribution in [0.25, 0.3) is 0 Å². The molecule has 0 amide bonds. The number of nitrogens with two attached hydrogens (primary N) is 1. The first-order valence-corrected chi connectivity index (χ1v) is 5.32. The van der Waals surface area contributed by atoms with Gasteiger partial charge in [0.2, 0.25) is 0 Å². The number of benzene rings is 1. The number of hydrogen-bond acceptors (Lipinski definition) is 3. The SMILES string of the molecule is Cc1cc(Br)c(O)c(C(N)CCO)c1F. The molecule has 0 saturated carbocycles. The van der Waals surface area contributed by atoms with Crippen LogP contribution in [0.3, 0.4) is 0 Å². The smallest absolute Gasteiger partial charge is 0.137 e. The van der Waals surface area contributed by atoms with Crippen LogP contribution in [-0.2, 0) is 0 Å². The predicted octanol–water partition coefficient (Wildman–Crippen LogP) is 1.98. The van der Waals surface area contributed by atoms with Gasteiger partial charge in [0.15, 0.2) is 0 Å². The molecule has 0 aliphatic heterocycles. The summed E-state index contributed by atoms with van der Waals surface area (Å²) in [5.74, 6) is -0.712. The summed E-state index contributed by atoms with van der Waals surface area (Å²) in [4.78, 5) is 0. The Hall–Kier alpha value is -0.650. The zero-order valence-corrected chi connectivity index (χ0v) is 9.88. The molecule has 0 heterocycles. The number of aliphatic hydroxyl groups is 1. The minimum absolute atomic E-state index is 0.0518. The van der Waals surface area contributed by atoms with Gasteiger partial charge in [-0.3, -0.25) is 0 Å². The second-order valence-corrected chi connectivity index (χ2v) is 4.22. The van der Waals surface area contributed by atoms with Gasteiger partial charge in [0.25, 0.3) is 0 Å². The minimum Gasteiger partial charge on any atom is -0.506 e. The summed E-state index contributed by atoms with van der Waals surface area (Å²) in [5.41, 5.74) is 6.12. The van der Waals surface area contributed by atoms with Crippen molar-refractivity contribution >= 4 is 15.9 Å². The molecular weight excluding hydrogens is 265 g/mol. The van der Waals surface area contributed by atoms with Crippen molar-refractivity contribution in [1.29, 1.82) is 0 Å². The topological polar surface area (TPSA) is 66.5 Å². The maximum Gasteiger partial charge on any atom is 0.137 e. The number of phenols is 1. The summed E-state index contributed by atoms with van der Waals surface area (Å²) in [7, 11) is 0. The molecule has 1 aromatic carbocycles. The van der Waals surface area contributed by atoms with Gasteiger partial charge in [-0.1, -0.05) is 0 Å². The highest BCUT2D eigenvalue weighted by Crippen LogP contribution is 2.35. The van der Waals surface area contributed by atoms with Crippen LogP contribution in [0.5, 0.6) is 5.75 Å². The molecule has 0 fully saturated rings. The molecule has 0 saturated heterocycles. The highest BCUT2D eigenvalue weighted by molar-refractivity contribution is 9.10. The maximum absolute atomic E-state index is 13.7. The van der Waals surface area contributed by atoms with E-state index in [2.05, 4.69) is 15.9 Å². The predicted molar refractivity (Wildman–Crippen MR) is 59.1 cm³/mol. The van der Waals surface area contributed by atoms with Gasteiger partial charge < -0.3 is 15.9 Å². The van der Waals surface area contributed by atoms with E-state index in [-0.39, 0.29) is 24.3 Å². The molecule has 1 aromatic rings. The standard InChI is InChI=1S/C10H13BrFNO2/c1-5-4-6(11)10(15)8(9(5)12)7(13)2-3-14/h4,7,14-15H,2-3,13H2,1H3. The average Bonchev–Trinajstić information content (AvgIpc) is 2.16. The van der Waals surface area contributed by atoms with E-state index >= 15 is 0 Å². The molecule has 0 aromatic heterocycles. The van der Waals surface area contributed by atoms with Crippen LogP contribution >= 0.6 is 15.9 Å². The molecule has 0 bridgehead atoms. The van der Waals surface area contributed by atoms with Gasteiger partial charge in [-0.25, -0.2) is 4.39 Å². The lowest BCUT2D eigenvalue weighted by molar-refractivity contribution is 0.274. The summed E-state index contributed by atoms with van der Waals surface area (Å²) in [5, 5.41) is 18.4. The fraction of sp³-hybridized carbons (Fsp3) is 0.400. The van der Waals surface area contributed by atoms with E-state index in [0.717, 1.165) is 0 Å². The van der Waals surface area contributed by atoms with Crippen LogP contribution in [-0.4, -0.2) is 16.8 Å². The Bertz CT molecular complexity index is 345. The lowest BCUT2D eigenvalue weighted by atomic mass is 10.0. The van der Waals surface area contributed by atoms with E-state index in [1.807, 2.05) is 0 Å². The van der Waals surface area contributed by atoms with Gasteiger partial charge in [-0.05, 0) is 40.9 Å². The van der Waals surface area contributed by atoms with Crippen LogP contribution in [0.2, 0.25) is 0 Å². The van der Waals surface area contributed by atoms with Crippen LogP contribution < -0.4 is 5.73 Å². The monoisotopic (exact) mass is 277 g/mol. The molecule has 1 atom stereocenters.